The lowest BCUT2D eigenvalue weighted by atomic mass is 9.84. The van der Waals surface area contributed by atoms with Gasteiger partial charge in [0.2, 0.25) is 0 Å². The van der Waals surface area contributed by atoms with Crippen LogP contribution >= 0.6 is 0 Å². The minimum absolute atomic E-state index is 0.707. The molecule has 1 N–H and O–H groups in total. The summed E-state index contributed by atoms with van der Waals surface area (Å²) in [5.74, 6) is 1.59. The largest absolute Gasteiger partial charge is 0.496 e. The maximum absolute atomic E-state index is 11.1. The third kappa shape index (κ3) is 3.11. The van der Waals surface area contributed by atoms with Crippen molar-refractivity contribution in [2.45, 2.75) is 58.0 Å². The van der Waals surface area contributed by atoms with Crippen molar-refractivity contribution in [2.75, 3.05) is 7.11 Å². The van der Waals surface area contributed by atoms with Crippen LogP contribution in [0.2, 0.25) is 0 Å². The summed E-state index contributed by atoms with van der Waals surface area (Å²) < 4.78 is 5.45. The van der Waals surface area contributed by atoms with Crippen LogP contribution in [0.3, 0.4) is 0 Å². The van der Waals surface area contributed by atoms with Crippen molar-refractivity contribution in [1.82, 2.24) is 0 Å². The quantitative estimate of drug-likeness (QED) is 0.828. The molecule has 2 heteroatoms. The Kier molecular flexibility index (Phi) is 4.51. The van der Waals surface area contributed by atoms with Gasteiger partial charge in [-0.2, -0.15) is 0 Å². The van der Waals surface area contributed by atoms with Gasteiger partial charge in [-0.05, 0) is 50.7 Å². The van der Waals surface area contributed by atoms with E-state index in [4.69, 9.17) is 4.74 Å². The lowest BCUT2D eigenvalue weighted by Crippen LogP contribution is -2.25. The minimum Gasteiger partial charge on any atom is -0.496 e. The molecule has 0 bridgehead atoms. The molecule has 1 saturated carbocycles. The first-order valence-electron chi connectivity index (χ1n) is 7.46. The van der Waals surface area contributed by atoms with Gasteiger partial charge in [-0.1, -0.05) is 31.4 Å². The number of aliphatic hydroxyl groups is 1. The number of hydrogen-bond acceptors (Lipinski definition) is 2. The van der Waals surface area contributed by atoms with Crippen molar-refractivity contribution in [3.8, 4) is 5.75 Å². The Morgan fingerprint density at radius 2 is 2.11 bits per heavy atom. The molecule has 1 aromatic carbocycles. The van der Waals surface area contributed by atoms with Crippen molar-refractivity contribution in [2.24, 2.45) is 5.92 Å². The van der Waals surface area contributed by atoms with Gasteiger partial charge in [0.15, 0.2) is 0 Å². The van der Waals surface area contributed by atoms with Gasteiger partial charge in [0.05, 0.1) is 12.7 Å². The fourth-order valence-corrected chi connectivity index (χ4v) is 3.26. The Morgan fingerprint density at radius 1 is 1.32 bits per heavy atom. The standard InChI is InChI=1S/C17H26O2/c1-4-14-6-5-10-17(18,11-9-14)15-12-13(2)7-8-16(15)19-3/h7-8,12,14,18H,4-6,9-11H2,1-3H3. The van der Waals surface area contributed by atoms with E-state index in [1.807, 2.05) is 12.1 Å². The van der Waals surface area contributed by atoms with Gasteiger partial charge in [0.25, 0.3) is 0 Å². The van der Waals surface area contributed by atoms with E-state index in [9.17, 15) is 5.11 Å². The maximum Gasteiger partial charge on any atom is 0.124 e. The van der Waals surface area contributed by atoms with E-state index in [2.05, 4.69) is 19.9 Å². The topological polar surface area (TPSA) is 29.5 Å². The molecule has 1 aromatic rings. The lowest BCUT2D eigenvalue weighted by molar-refractivity contribution is 0.0173. The van der Waals surface area contributed by atoms with Crippen LogP contribution in [0.15, 0.2) is 18.2 Å². The Balaban J connectivity index is 2.30. The summed E-state index contributed by atoms with van der Waals surface area (Å²) >= 11 is 0. The van der Waals surface area contributed by atoms with Gasteiger partial charge >= 0.3 is 0 Å². The highest BCUT2D eigenvalue weighted by atomic mass is 16.5. The summed E-state index contributed by atoms with van der Waals surface area (Å²) in [4.78, 5) is 0. The van der Waals surface area contributed by atoms with Crippen molar-refractivity contribution in [1.29, 1.82) is 0 Å². The van der Waals surface area contributed by atoms with Gasteiger partial charge in [0, 0.05) is 5.56 Å². The van der Waals surface area contributed by atoms with E-state index >= 15 is 0 Å². The maximum atomic E-state index is 11.1. The van der Waals surface area contributed by atoms with E-state index < -0.39 is 5.60 Å². The number of aryl methyl sites for hydroxylation is 1. The fraction of sp³-hybridized carbons (Fsp3) is 0.647. The highest BCUT2D eigenvalue weighted by Crippen LogP contribution is 2.42. The number of rotatable bonds is 3. The zero-order valence-corrected chi connectivity index (χ0v) is 12.4. The van der Waals surface area contributed by atoms with Crippen LogP contribution in [0.5, 0.6) is 5.75 Å². The van der Waals surface area contributed by atoms with E-state index in [0.717, 1.165) is 42.9 Å². The van der Waals surface area contributed by atoms with Gasteiger partial charge in [-0.25, -0.2) is 0 Å². The predicted molar refractivity (Wildman–Crippen MR) is 78.5 cm³/mol. The zero-order valence-electron chi connectivity index (χ0n) is 12.4. The Bertz CT molecular complexity index is 427. The zero-order chi connectivity index (χ0) is 13.9. The van der Waals surface area contributed by atoms with Crippen LogP contribution in [0, 0.1) is 12.8 Å². The molecule has 0 radical (unpaired) electrons. The smallest absolute Gasteiger partial charge is 0.124 e. The summed E-state index contributed by atoms with van der Waals surface area (Å²) in [5, 5.41) is 11.1. The summed E-state index contributed by atoms with van der Waals surface area (Å²) in [7, 11) is 1.68. The van der Waals surface area contributed by atoms with Crippen LogP contribution in [0.4, 0.5) is 0 Å². The molecular weight excluding hydrogens is 236 g/mol. The van der Waals surface area contributed by atoms with Crippen molar-refractivity contribution in [3.05, 3.63) is 29.3 Å². The van der Waals surface area contributed by atoms with Gasteiger partial charge < -0.3 is 9.84 Å². The average Bonchev–Trinajstić information content (AvgIpc) is 2.61. The number of methoxy groups -OCH3 is 1. The highest BCUT2D eigenvalue weighted by molar-refractivity contribution is 5.41. The fourth-order valence-electron chi connectivity index (χ4n) is 3.26. The first kappa shape index (κ1) is 14.4. The molecule has 2 rings (SSSR count). The van der Waals surface area contributed by atoms with Crippen LogP contribution in [-0.2, 0) is 5.60 Å². The molecule has 1 aliphatic carbocycles. The third-order valence-electron chi connectivity index (χ3n) is 4.60. The second-order valence-corrected chi connectivity index (χ2v) is 5.94. The van der Waals surface area contributed by atoms with Crippen molar-refractivity contribution >= 4 is 0 Å². The SMILES string of the molecule is CCC1CCCC(O)(c2cc(C)ccc2OC)CC1. The van der Waals surface area contributed by atoms with Gasteiger partial charge in [0.1, 0.15) is 5.75 Å². The molecule has 1 aliphatic rings. The molecule has 0 saturated heterocycles. The van der Waals surface area contributed by atoms with Crippen molar-refractivity contribution in [3.63, 3.8) is 0 Å². The molecule has 0 spiro atoms. The summed E-state index contributed by atoms with van der Waals surface area (Å²) in [6, 6.07) is 6.10. The van der Waals surface area contributed by atoms with Crippen molar-refractivity contribution < 1.29 is 9.84 Å². The van der Waals surface area contributed by atoms with E-state index in [1.165, 1.54) is 18.4 Å². The number of ether oxygens (including phenoxy) is 1. The van der Waals surface area contributed by atoms with Gasteiger partial charge in [-0.3, -0.25) is 0 Å². The first-order chi connectivity index (χ1) is 9.09. The number of benzene rings is 1. The second-order valence-electron chi connectivity index (χ2n) is 5.94. The molecule has 2 unspecified atom stereocenters. The summed E-state index contributed by atoms with van der Waals surface area (Å²) in [6.07, 6.45) is 6.39. The van der Waals surface area contributed by atoms with Gasteiger partial charge in [-0.15, -0.1) is 0 Å². The molecule has 0 aliphatic heterocycles. The van der Waals surface area contributed by atoms with Crippen LogP contribution in [0.25, 0.3) is 0 Å². The first-order valence-corrected chi connectivity index (χ1v) is 7.46. The van der Waals surface area contributed by atoms with Crippen LogP contribution in [-0.4, -0.2) is 12.2 Å². The molecule has 19 heavy (non-hydrogen) atoms. The molecule has 2 atom stereocenters. The molecule has 0 amide bonds. The second kappa shape index (κ2) is 5.96. The highest BCUT2D eigenvalue weighted by Gasteiger charge is 2.34. The van der Waals surface area contributed by atoms with Crippen LogP contribution < -0.4 is 4.74 Å². The number of hydrogen-bond donors (Lipinski definition) is 1. The Labute approximate surface area is 116 Å². The minimum atomic E-state index is -0.707. The molecule has 106 valence electrons. The van der Waals surface area contributed by atoms with E-state index in [-0.39, 0.29) is 0 Å². The molecular formula is C17H26O2. The van der Waals surface area contributed by atoms with E-state index in [0.29, 0.717) is 0 Å². The van der Waals surface area contributed by atoms with E-state index in [1.54, 1.807) is 7.11 Å². The molecule has 0 aromatic heterocycles. The third-order valence-corrected chi connectivity index (χ3v) is 4.60. The Hall–Kier alpha value is -1.02. The molecule has 0 heterocycles. The average molecular weight is 262 g/mol. The predicted octanol–water partition coefficient (Wildman–Crippen LogP) is 4.18. The summed E-state index contributed by atoms with van der Waals surface area (Å²) in [5.41, 5.74) is 1.45. The summed E-state index contributed by atoms with van der Waals surface area (Å²) in [6.45, 7) is 4.32. The van der Waals surface area contributed by atoms with Crippen LogP contribution in [0.1, 0.15) is 56.6 Å². The molecule has 1 fully saturated rings. The normalized spacial score (nSPS) is 27.9. The lowest BCUT2D eigenvalue weighted by Gasteiger charge is -2.29. The monoisotopic (exact) mass is 262 g/mol. The molecule has 2 nitrogen and oxygen atoms in total. The Morgan fingerprint density at radius 3 is 2.79 bits per heavy atom.